The van der Waals surface area contributed by atoms with Gasteiger partial charge < -0.3 is 5.73 Å². The summed E-state index contributed by atoms with van der Waals surface area (Å²) in [5, 5.41) is 13.6. The number of nitrogens with two attached hydrogens (primary N) is 1. The van der Waals surface area contributed by atoms with Gasteiger partial charge >= 0.3 is 0 Å². The molecule has 0 spiro atoms. The minimum atomic E-state index is -0.311. The van der Waals surface area contributed by atoms with Gasteiger partial charge in [-0.3, -0.25) is 0 Å². The van der Waals surface area contributed by atoms with Crippen LogP contribution in [0.1, 0.15) is 23.0 Å². The van der Waals surface area contributed by atoms with Gasteiger partial charge in [-0.1, -0.05) is 35.0 Å². The Hall–Kier alpha value is -1.75. The second-order valence-electron chi connectivity index (χ2n) is 3.16. The van der Waals surface area contributed by atoms with Gasteiger partial charge in [0.25, 0.3) is 0 Å². The van der Waals surface area contributed by atoms with Crippen LogP contribution in [-0.4, -0.2) is 20.6 Å². The van der Waals surface area contributed by atoms with Crippen LogP contribution in [-0.2, 0) is 0 Å². The van der Waals surface area contributed by atoms with Crippen LogP contribution in [0.4, 0.5) is 0 Å². The van der Waals surface area contributed by atoms with Crippen molar-refractivity contribution in [1.82, 2.24) is 20.6 Å². The standard InChI is InChI=1S/C9H11N5/c1-6-3-2-4-7(5-6)8(10)9-11-13-14-12-9/h2-5,8H,10H2,1H3,(H,11,12,13,14)/t8-/m1/s1. The average Bonchev–Trinajstić information content (AvgIpc) is 2.69. The summed E-state index contributed by atoms with van der Waals surface area (Å²) in [6, 6.07) is 7.64. The van der Waals surface area contributed by atoms with Gasteiger partial charge in [0.15, 0.2) is 5.82 Å². The Morgan fingerprint density at radius 2 is 2.29 bits per heavy atom. The zero-order chi connectivity index (χ0) is 9.97. The fraction of sp³-hybridized carbons (Fsp3) is 0.222. The SMILES string of the molecule is Cc1cccc([C@@H](N)c2nn[nH]n2)c1. The second-order valence-corrected chi connectivity index (χ2v) is 3.16. The quantitative estimate of drug-likeness (QED) is 0.723. The maximum absolute atomic E-state index is 5.94. The lowest BCUT2D eigenvalue weighted by molar-refractivity contribution is 0.784. The Morgan fingerprint density at radius 3 is 2.93 bits per heavy atom. The first-order chi connectivity index (χ1) is 6.77. The van der Waals surface area contributed by atoms with Crippen molar-refractivity contribution in [3.63, 3.8) is 0 Å². The van der Waals surface area contributed by atoms with Crippen molar-refractivity contribution in [2.45, 2.75) is 13.0 Å². The van der Waals surface area contributed by atoms with E-state index in [2.05, 4.69) is 20.6 Å². The van der Waals surface area contributed by atoms with E-state index in [1.807, 2.05) is 31.2 Å². The molecule has 2 rings (SSSR count). The van der Waals surface area contributed by atoms with E-state index in [1.54, 1.807) is 0 Å². The molecule has 5 nitrogen and oxygen atoms in total. The highest BCUT2D eigenvalue weighted by atomic mass is 15.5. The van der Waals surface area contributed by atoms with Crippen molar-refractivity contribution >= 4 is 0 Å². The molecule has 0 unspecified atom stereocenters. The van der Waals surface area contributed by atoms with Crippen LogP contribution < -0.4 is 5.73 Å². The predicted octanol–water partition coefficient (Wildman–Crippen LogP) is 0.556. The van der Waals surface area contributed by atoms with E-state index in [1.165, 1.54) is 5.56 Å². The third kappa shape index (κ3) is 1.62. The number of hydrogen-bond donors (Lipinski definition) is 2. The molecule has 0 amide bonds. The van der Waals surface area contributed by atoms with Gasteiger partial charge in [0.2, 0.25) is 0 Å². The molecule has 1 aromatic carbocycles. The molecule has 3 N–H and O–H groups in total. The molecule has 0 radical (unpaired) electrons. The molecule has 1 heterocycles. The van der Waals surface area contributed by atoms with E-state index >= 15 is 0 Å². The molecule has 14 heavy (non-hydrogen) atoms. The Kier molecular flexibility index (Phi) is 2.24. The molecule has 0 saturated heterocycles. The lowest BCUT2D eigenvalue weighted by Crippen LogP contribution is -2.13. The fourth-order valence-electron chi connectivity index (χ4n) is 1.31. The predicted molar refractivity (Wildman–Crippen MR) is 51.4 cm³/mol. The van der Waals surface area contributed by atoms with E-state index in [9.17, 15) is 0 Å². The van der Waals surface area contributed by atoms with Crippen molar-refractivity contribution in [1.29, 1.82) is 0 Å². The maximum Gasteiger partial charge on any atom is 0.195 e. The van der Waals surface area contributed by atoms with E-state index < -0.39 is 0 Å². The molecule has 2 aromatic rings. The van der Waals surface area contributed by atoms with Crippen LogP contribution in [0, 0.1) is 6.92 Å². The van der Waals surface area contributed by atoms with Crippen LogP contribution in [0.2, 0.25) is 0 Å². The summed E-state index contributed by atoms with van der Waals surface area (Å²) >= 11 is 0. The van der Waals surface area contributed by atoms with Crippen molar-refractivity contribution in [3.05, 3.63) is 41.2 Å². The Morgan fingerprint density at radius 1 is 1.43 bits per heavy atom. The van der Waals surface area contributed by atoms with E-state index in [0.29, 0.717) is 5.82 Å². The molecule has 1 atom stereocenters. The molecular weight excluding hydrogens is 178 g/mol. The molecule has 0 aliphatic carbocycles. The first kappa shape index (κ1) is 8.83. The highest BCUT2D eigenvalue weighted by Crippen LogP contribution is 2.15. The summed E-state index contributed by atoms with van der Waals surface area (Å²) in [6.45, 7) is 2.02. The van der Waals surface area contributed by atoms with Gasteiger partial charge in [-0.05, 0) is 12.5 Å². The molecule has 0 bridgehead atoms. The Labute approximate surface area is 81.3 Å². The van der Waals surface area contributed by atoms with Crippen molar-refractivity contribution in [3.8, 4) is 0 Å². The van der Waals surface area contributed by atoms with Crippen molar-refractivity contribution < 1.29 is 0 Å². The number of H-pyrrole nitrogens is 1. The summed E-state index contributed by atoms with van der Waals surface area (Å²) in [5.74, 6) is 0.510. The molecular formula is C9H11N5. The van der Waals surface area contributed by atoms with Crippen molar-refractivity contribution in [2.75, 3.05) is 0 Å². The lowest BCUT2D eigenvalue weighted by atomic mass is 10.1. The third-order valence-electron chi connectivity index (χ3n) is 2.04. The monoisotopic (exact) mass is 189 g/mol. The number of nitrogens with one attached hydrogen (secondary N) is 1. The lowest BCUT2D eigenvalue weighted by Gasteiger charge is -2.07. The van der Waals surface area contributed by atoms with Gasteiger partial charge in [-0.25, -0.2) is 0 Å². The van der Waals surface area contributed by atoms with Crippen LogP contribution in [0.15, 0.2) is 24.3 Å². The maximum atomic E-state index is 5.94. The Balaban J connectivity index is 2.32. The zero-order valence-corrected chi connectivity index (χ0v) is 7.81. The summed E-state index contributed by atoms with van der Waals surface area (Å²) in [5.41, 5.74) is 8.10. The second kappa shape index (κ2) is 3.55. The summed E-state index contributed by atoms with van der Waals surface area (Å²) in [4.78, 5) is 0. The van der Waals surface area contributed by atoms with Gasteiger partial charge in [0, 0.05) is 0 Å². The topological polar surface area (TPSA) is 80.5 Å². The summed E-state index contributed by atoms with van der Waals surface area (Å²) < 4.78 is 0. The van der Waals surface area contributed by atoms with E-state index in [4.69, 9.17) is 5.73 Å². The molecule has 5 heteroatoms. The number of tetrazole rings is 1. The molecule has 72 valence electrons. The number of aryl methyl sites for hydroxylation is 1. The van der Waals surface area contributed by atoms with Crippen molar-refractivity contribution in [2.24, 2.45) is 5.73 Å². The first-order valence-corrected chi connectivity index (χ1v) is 4.33. The highest BCUT2D eigenvalue weighted by molar-refractivity contribution is 5.27. The number of nitrogens with zero attached hydrogens (tertiary/aromatic N) is 3. The zero-order valence-electron chi connectivity index (χ0n) is 7.81. The van der Waals surface area contributed by atoms with Gasteiger partial charge in [0.05, 0.1) is 6.04 Å². The van der Waals surface area contributed by atoms with Crippen LogP contribution >= 0.6 is 0 Å². The van der Waals surface area contributed by atoms with Gasteiger partial charge in [-0.2, -0.15) is 5.21 Å². The average molecular weight is 189 g/mol. The number of hydrogen-bond acceptors (Lipinski definition) is 4. The summed E-state index contributed by atoms with van der Waals surface area (Å²) in [6.07, 6.45) is 0. The smallest absolute Gasteiger partial charge is 0.195 e. The number of benzene rings is 1. The minimum absolute atomic E-state index is 0.311. The minimum Gasteiger partial charge on any atom is -0.318 e. The largest absolute Gasteiger partial charge is 0.318 e. The third-order valence-corrected chi connectivity index (χ3v) is 2.04. The molecule has 0 fully saturated rings. The summed E-state index contributed by atoms with van der Waals surface area (Å²) in [7, 11) is 0. The van der Waals surface area contributed by atoms with Crippen LogP contribution in [0.3, 0.4) is 0 Å². The van der Waals surface area contributed by atoms with Gasteiger partial charge in [-0.15, -0.1) is 10.2 Å². The molecule has 0 aliphatic heterocycles. The van der Waals surface area contributed by atoms with Crippen LogP contribution in [0.25, 0.3) is 0 Å². The van der Waals surface area contributed by atoms with E-state index in [0.717, 1.165) is 5.56 Å². The highest BCUT2D eigenvalue weighted by Gasteiger charge is 2.12. The van der Waals surface area contributed by atoms with Gasteiger partial charge in [0.1, 0.15) is 0 Å². The Bertz CT molecular complexity index is 409. The molecule has 0 saturated carbocycles. The molecule has 0 aliphatic rings. The fourth-order valence-corrected chi connectivity index (χ4v) is 1.31. The normalized spacial score (nSPS) is 12.7. The first-order valence-electron chi connectivity index (χ1n) is 4.33. The number of aromatic nitrogens is 4. The number of aromatic amines is 1. The number of rotatable bonds is 2. The van der Waals surface area contributed by atoms with Crippen LogP contribution in [0.5, 0.6) is 0 Å². The van der Waals surface area contributed by atoms with E-state index in [-0.39, 0.29) is 6.04 Å². The molecule has 1 aromatic heterocycles.